The van der Waals surface area contributed by atoms with E-state index in [0.29, 0.717) is 28.3 Å². The predicted octanol–water partition coefficient (Wildman–Crippen LogP) is 8.21. The molecule has 0 heterocycles. The molecule has 0 bridgehead atoms. The third-order valence-electron chi connectivity index (χ3n) is 5.37. The van der Waals surface area contributed by atoms with E-state index in [2.05, 4.69) is 0 Å². The van der Waals surface area contributed by atoms with Gasteiger partial charge in [0.05, 0.1) is 5.56 Å². The van der Waals surface area contributed by atoms with Gasteiger partial charge in [0, 0.05) is 5.56 Å². The van der Waals surface area contributed by atoms with E-state index in [9.17, 15) is 22.0 Å². The van der Waals surface area contributed by atoms with E-state index in [-0.39, 0.29) is 16.7 Å². The summed E-state index contributed by atoms with van der Waals surface area (Å²) in [6, 6.07) is 13.3. The van der Waals surface area contributed by atoms with Gasteiger partial charge < -0.3 is 0 Å². The largest absolute Gasteiger partial charge is 0.206 e. The maximum atomic E-state index is 14.9. The minimum absolute atomic E-state index is 0.0900. The molecule has 0 N–H and O–H groups in total. The van der Waals surface area contributed by atoms with Gasteiger partial charge in [-0.3, -0.25) is 0 Å². The standard InChI is InChI=1S/C26H19F5/c1-2-3-4-15-9-24(30)26(25(31)10-15)18-7-8-20(21(27)13-18)17-6-5-16-12-22(28)23(29)14-19(16)11-17/h5-14H,2-4H2,1H3. The summed E-state index contributed by atoms with van der Waals surface area (Å²) in [6.45, 7) is 2.00. The molecule has 0 aliphatic carbocycles. The lowest BCUT2D eigenvalue weighted by molar-refractivity contribution is 0.511. The van der Waals surface area contributed by atoms with Crippen molar-refractivity contribution >= 4 is 10.8 Å². The summed E-state index contributed by atoms with van der Waals surface area (Å²) in [7, 11) is 0. The van der Waals surface area contributed by atoms with Crippen molar-refractivity contribution in [3.05, 3.63) is 95.3 Å². The van der Waals surface area contributed by atoms with E-state index in [4.69, 9.17) is 0 Å². The molecule has 0 fully saturated rings. The third kappa shape index (κ3) is 4.18. The molecule has 0 spiro atoms. The maximum absolute atomic E-state index is 14.9. The molecule has 0 aromatic heterocycles. The first kappa shape index (κ1) is 21.0. The number of benzene rings is 4. The van der Waals surface area contributed by atoms with Crippen LogP contribution in [0.1, 0.15) is 25.3 Å². The SMILES string of the molecule is CCCCc1cc(F)c(-c2ccc(-c3ccc4cc(F)c(F)cc4c3)c(F)c2)c(F)c1. The number of rotatable bonds is 5. The summed E-state index contributed by atoms with van der Waals surface area (Å²) in [5, 5.41) is 0.895. The van der Waals surface area contributed by atoms with E-state index in [1.165, 1.54) is 24.3 Å². The van der Waals surface area contributed by atoms with E-state index in [1.54, 1.807) is 18.2 Å². The molecule has 5 heteroatoms. The van der Waals surface area contributed by atoms with Crippen LogP contribution < -0.4 is 0 Å². The lowest BCUT2D eigenvalue weighted by Gasteiger charge is -2.11. The van der Waals surface area contributed by atoms with Crippen LogP contribution in [0.3, 0.4) is 0 Å². The third-order valence-corrected chi connectivity index (χ3v) is 5.37. The summed E-state index contributed by atoms with van der Waals surface area (Å²) in [6.07, 6.45) is 2.31. The van der Waals surface area contributed by atoms with Crippen molar-refractivity contribution in [2.75, 3.05) is 0 Å². The molecule has 0 aliphatic rings. The van der Waals surface area contributed by atoms with Crippen molar-refractivity contribution in [3.63, 3.8) is 0 Å². The molecule has 0 amide bonds. The monoisotopic (exact) mass is 426 g/mol. The zero-order chi connectivity index (χ0) is 22.1. The Bertz CT molecular complexity index is 1250. The van der Waals surface area contributed by atoms with Gasteiger partial charge in [0.15, 0.2) is 11.6 Å². The second-order valence-electron chi connectivity index (χ2n) is 7.56. The normalized spacial score (nSPS) is 11.3. The molecule has 0 nitrogen and oxygen atoms in total. The Labute approximate surface area is 177 Å². The fraction of sp³-hybridized carbons (Fsp3) is 0.154. The van der Waals surface area contributed by atoms with E-state index >= 15 is 0 Å². The average molecular weight is 426 g/mol. The number of halogens is 5. The fourth-order valence-electron chi connectivity index (χ4n) is 3.74. The number of hydrogen-bond acceptors (Lipinski definition) is 0. The van der Waals surface area contributed by atoms with Crippen molar-refractivity contribution in [2.45, 2.75) is 26.2 Å². The minimum atomic E-state index is -0.992. The van der Waals surface area contributed by atoms with E-state index in [0.717, 1.165) is 31.0 Å². The van der Waals surface area contributed by atoms with Gasteiger partial charge in [-0.2, -0.15) is 0 Å². The topological polar surface area (TPSA) is 0 Å². The van der Waals surface area contributed by atoms with Gasteiger partial charge in [-0.15, -0.1) is 0 Å². The van der Waals surface area contributed by atoms with Gasteiger partial charge in [-0.1, -0.05) is 37.6 Å². The molecule has 31 heavy (non-hydrogen) atoms. The minimum Gasteiger partial charge on any atom is -0.206 e. The van der Waals surface area contributed by atoms with Crippen molar-refractivity contribution in [3.8, 4) is 22.3 Å². The highest BCUT2D eigenvalue weighted by molar-refractivity contribution is 5.88. The van der Waals surface area contributed by atoms with Gasteiger partial charge in [0.2, 0.25) is 0 Å². The van der Waals surface area contributed by atoms with Crippen molar-refractivity contribution in [2.24, 2.45) is 0 Å². The van der Waals surface area contributed by atoms with Gasteiger partial charge >= 0.3 is 0 Å². The summed E-state index contributed by atoms with van der Waals surface area (Å²) in [4.78, 5) is 0. The van der Waals surface area contributed by atoms with Crippen LogP contribution in [0.15, 0.2) is 60.7 Å². The average Bonchev–Trinajstić information content (AvgIpc) is 2.72. The van der Waals surface area contributed by atoms with Crippen molar-refractivity contribution < 1.29 is 22.0 Å². The highest BCUT2D eigenvalue weighted by Gasteiger charge is 2.16. The quantitative estimate of drug-likeness (QED) is 0.282. The van der Waals surface area contributed by atoms with Gasteiger partial charge in [0.1, 0.15) is 17.5 Å². The highest BCUT2D eigenvalue weighted by Crippen LogP contribution is 2.33. The number of unbranched alkanes of at least 4 members (excludes halogenated alkanes) is 1. The van der Waals surface area contributed by atoms with Crippen LogP contribution in [0.2, 0.25) is 0 Å². The summed E-state index contributed by atoms with van der Waals surface area (Å²) in [5.74, 6) is -4.09. The summed E-state index contributed by atoms with van der Waals surface area (Å²) < 4.78 is 71.0. The molecular weight excluding hydrogens is 407 g/mol. The zero-order valence-electron chi connectivity index (χ0n) is 16.8. The lowest BCUT2D eigenvalue weighted by atomic mass is 9.96. The number of hydrogen-bond donors (Lipinski definition) is 0. The Kier molecular flexibility index (Phi) is 5.77. The Hall–Kier alpha value is -3.21. The molecule has 4 aromatic rings. The van der Waals surface area contributed by atoms with Gasteiger partial charge in [-0.05, 0) is 76.7 Å². The molecule has 0 unspecified atom stereocenters. The molecule has 0 radical (unpaired) electrons. The van der Waals surface area contributed by atoms with Crippen molar-refractivity contribution in [1.29, 1.82) is 0 Å². The van der Waals surface area contributed by atoms with E-state index in [1.807, 2.05) is 6.92 Å². The Morgan fingerprint density at radius 1 is 0.581 bits per heavy atom. The van der Waals surface area contributed by atoms with Crippen LogP contribution in [0.5, 0.6) is 0 Å². The number of aryl methyl sites for hydroxylation is 1. The lowest BCUT2D eigenvalue weighted by Crippen LogP contribution is -1.96. The smallest absolute Gasteiger partial charge is 0.159 e. The molecule has 0 saturated heterocycles. The van der Waals surface area contributed by atoms with Crippen LogP contribution in [-0.2, 0) is 6.42 Å². The molecule has 4 rings (SSSR count). The predicted molar refractivity (Wildman–Crippen MR) is 113 cm³/mol. The second-order valence-corrected chi connectivity index (χ2v) is 7.56. The molecule has 4 aromatic carbocycles. The fourth-order valence-corrected chi connectivity index (χ4v) is 3.74. The van der Waals surface area contributed by atoms with E-state index < -0.39 is 29.1 Å². The molecule has 0 atom stereocenters. The van der Waals surface area contributed by atoms with Gasteiger partial charge in [-0.25, -0.2) is 22.0 Å². The first-order chi connectivity index (χ1) is 14.9. The first-order valence-corrected chi connectivity index (χ1v) is 10.0. The summed E-state index contributed by atoms with van der Waals surface area (Å²) >= 11 is 0. The number of fused-ring (bicyclic) bond motifs is 1. The maximum Gasteiger partial charge on any atom is 0.159 e. The van der Waals surface area contributed by atoms with Crippen LogP contribution in [0.4, 0.5) is 22.0 Å². The van der Waals surface area contributed by atoms with Crippen LogP contribution in [0, 0.1) is 29.1 Å². The Morgan fingerprint density at radius 3 is 1.87 bits per heavy atom. The molecule has 158 valence electrons. The van der Waals surface area contributed by atoms with Crippen molar-refractivity contribution in [1.82, 2.24) is 0 Å². The Morgan fingerprint density at radius 2 is 1.23 bits per heavy atom. The van der Waals surface area contributed by atoms with Crippen LogP contribution in [0.25, 0.3) is 33.0 Å². The highest BCUT2D eigenvalue weighted by atomic mass is 19.2. The molecule has 0 aliphatic heterocycles. The van der Waals surface area contributed by atoms with Crippen LogP contribution >= 0.6 is 0 Å². The summed E-state index contributed by atoms with van der Waals surface area (Å²) in [5.41, 5.74) is 1.01. The molecule has 0 saturated carbocycles. The first-order valence-electron chi connectivity index (χ1n) is 10.0. The Balaban J connectivity index is 1.72. The van der Waals surface area contributed by atoms with Gasteiger partial charge in [0.25, 0.3) is 0 Å². The zero-order valence-corrected chi connectivity index (χ0v) is 16.8. The van der Waals surface area contributed by atoms with Crippen LogP contribution in [-0.4, -0.2) is 0 Å². The second kappa shape index (κ2) is 8.50. The molecular formula is C26H19F5.